The van der Waals surface area contributed by atoms with Crippen LogP contribution in [0.5, 0.6) is 5.75 Å². The molecule has 0 saturated carbocycles. The van der Waals surface area contributed by atoms with Gasteiger partial charge in [-0.15, -0.1) is 0 Å². The lowest BCUT2D eigenvalue weighted by Gasteiger charge is -2.03. The molecule has 0 amide bonds. The van der Waals surface area contributed by atoms with E-state index in [2.05, 4.69) is 15.3 Å². The first kappa shape index (κ1) is 13.8. The van der Waals surface area contributed by atoms with Crippen molar-refractivity contribution in [3.05, 3.63) is 39.4 Å². The maximum absolute atomic E-state index is 9.34. The molecule has 19 heavy (non-hydrogen) atoms. The number of hydrogen-bond donors (Lipinski definition) is 2. The third-order valence-corrected chi connectivity index (χ3v) is 3.05. The Morgan fingerprint density at radius 1 is 1.53 bits per heavy atom. The molecule has 2 rings (SSSR count). The second-order valence-corrected chi connectivity index (χ2v) is 5.10. The lowest BCUT2D eigenvalue weighted by Crippen LogP contribution is -2.00. The van der Waals surface area contributed by atoms with Gasteiger partial charge in [0, 0.05) is 5.92 Å². The van der Waals surface area contributed by atoms with Crippen molar-refractivity contribution in [1.82, 2.24) is 14.9 Å². The van der Waals surface area contributed by atoms with Crippen molar-refractivity contribution < 1.29 is 5.11 Å². The predicted octanol–water partition coefficient (Wildman–Crippen LogP) is 3.31. The Hall–Kier alpha value is -1.66. The summed E-state index contributed by atoms with van der Waals surface area (Å²) in [6.07, 6.45) is 1.61. The molecule has 0 fully saturated rings. The number of rotatable bonds is 3. The molecule has 1 aromatic heterocycles. The standard InChI is InChI=1S/C12H13ClN4OS/c1-7(2)11-15-16-12(19)17(11)14-6-8-3-4-10(18)9(13)5-8/h3-7,18H,1-2H3,(H,16,19)/b14-6-. The first-order valence-corrected chi connectivity index (χ1v) is 6.48. The zero-order chi connectivity index (χ0) is 14.0. The molecule has 5 nitrogen and oxygen atoms in total. The van der Waals surface area contributed by atoms with Crippen LogP contribution in [-0.4, -0.2) is 26.2 Å². The zero-order valence-corrected chi connectivity index (χ0v) is 12.0. The number of aromatic hydroxyl groups is 1. The molecule has 0 aliphatic carbocycles. The van der Waals surface area contributed by atoms with Gasteiger partial charge >= 0.3 is 0 Å². The average Bonchev–Trinajstić information content (AvgIpc) is 2.72. The number of nitrogens with one attached hydrogen (secondary N) is 1. The van der Waals surface area contributed by atoms with E-state index in [1.165, 1.54) is 6.07 Å². The van der Waals surface area contributed by atoms with Crippen LogP contribution in [-0.2, 0) is 0 Å². The number of hydrogen-bond acceptors (Lipinski definition) is 4. The van der Waals surface area contributed by atoms with Gasteiger partial charge in [-0.25, -0.2) is 0 Å². The third-order valence-electron chi connectivity index (χ3n) is 2.49. The summed E-state index contributed by atoms with van der Waals surface area (Å²) in [6.45, 7) is 4.02. The van der Waals surface area contributed by atoms with Crippen LogP contribution >= 0.6 is 23.8 Å². The van der Waals surface area contributed by atoms with Crippen molar-refractivity contribution >= 4 is 30.0 Å². The highest BCUT2D eigenvalue weighted by molar-refractivity contribution is 7.71. The minimum atomic E-state index is 0.0432. The molecule has 0 saturated heterocycles. The van der Waals surface area contributed by atoms with Gasteiger partial charge in [-0.2, -0.15) is 14.9 Å². The van der Waals surface area contributed by atoms with Crippen molar-refractivity contribution in [1.29, 1.82) is 0 Å². The van der Waals surface area contributed by atoms with Crippen LogP contribution in [0.15, 0.2) is 23.3 Å². The fourth-order valence-electron chi connectivity index (χ4n) is 1.52. The summed E-state index contributed by atoms with van der Waals surface area (Å²) in [5, 5.41) is 20.7. The molecule has 1 aromatic carbocycles. The van der Waals surface area contributed by atoms with Gasteiger partial charge < -0.3 is 5.11 Å². The Morgan fingerprint density at radius 3 is 2.89 bits per heavy atom. The lowest BCUT2D eigenvalue weighted by molar-refractivity contribution is 0.475. The van der Waals surface area contributed by atoms with E-state index in [4.69, 9.17) is 23.8 Å². The number of benzene rings is 1. The van der Waals surface area contributed by atoms with Crippen LogP contribution in [0.3, 0.4) is 0 Å². The van der Waals surface area contributed by atoms with Gasteiger partial charge in [0.2, 0.25) is 4.77 Å². The topological polar surface area (TPSA) is 66.2 Å². The Bertz CT molecular complexity index is 675. The van der Waals surface area contributed by atoms with E-state index in [1.54, 1.807) is 23.0 Å². The summed E-state index contributed by atoms with van der Waals surface area (Å²) < 4.78 is 2.01. The minimum absolute atomic E-state index is 0.0432. The van der Waals surface area contributed by atoms with Crippen molar-refractivity contribution in [2.45, 2.75) is 19.8 Å². The van der Waals surface area contributed by atoms with Crippen LogP contribution in [0.2, 0.25) is 5.02 Å². The van der Waals surface area contributed by atoms with E-state index < -0.39 is 0 Å². The number of phenols is 1. The third kappa shape index (κ3) is 3.02. The number of H-pyrrole nitrogens is 1. The lowest BCUT2D eigenvalue weighted by atomic mass is 10.2. The van der Waals surface area contributed by atoms with Crippen molar-refractivity contribution in [3.8, 4) is 5.75 Å². The Kier molecular flexibility index (Phi) is 4.01. The monoisotopic (exact) mass is 296 g/mol. The van der Waals surface area contributed by atoms with E-state index in [0.717, 1.165) is 11.4 Å². The quantitative estimate of drug-likeness (QED) is 0.674. The molecule has 1 heterocycles. The van der Waals surface area contributed by atoms with Crippen molar-refractivity contribution in [2.24, 2.45) is 5.10 Å². The highest BCUT2D eigenvalue weighted by atomic mass is 35.5. The fourth-order valence-corrected chi connectivity index (χ4v) is 1.89. The molecule has 0 spiro atoms. The van der Waals surface area contributed by atoms with Gasteiger partial charge in [0.15, 0.2) is 5.82 Å². The first-order valence-electron chi connectivity index (χ1n) is 5.69. The number of aromatic nitrogens is 3. The Morgan fingerprint density at radius 2 is 2.26 bits per heavy atom. The summed E-state index contributed by atoms with van der Waals surface area (Å²) in [6, 6.07) is 4.85. The largest absolute Gasteiger partial charge is 0.506 e. The zero-order valence-electron chi connectivity index (χ0n) is 10.5. The number of aromatic amines is 1. The molecule has 0 unspecified atom stereocenters. The molecule has 0 radical (unpaired) electrons. The predicted molar refractivity (Wildman–Crippen MR) is 77.6 cm³/mol. The summed E-state index contributed by atoms with van der Waals surface area (Å²) in [5.41, 5.74) is 0.764. The molecular weight excluding hydrogens is 284 g/mol. The van der Waals surface area contributed by atoms with E-state index in [-0.39, 0.29) is 16.7 Å². The van der Waals surface area contributed by atoms with Gasteiger partial charge in [0.1, 0.15) is 5.75 Å². The maximum atomic E-state index is 9.34. The smallest absolute Gasteiger partial charge is 0.216 e. The molecule has 2 N–H and O–H groups in total. The molecule has 2 aromatic rings. The number of phenolic OH excluding ortho intramolecular Hbond substituents is 1. The Balaban J connectivity index is 2.35. The molecule has 100 valence electrons. The van der Waals surface area contributed by atoms with Gasteiger partial charge in [-0.05, 0) is 36.0 Å². The SMILES string of the molecule is CC(C)c1n[nH]c(=S)n1/N=C\c1ccc(O)c(Cl)c1. The number of halogens is 1. The van der Waals surface area contributed by atoms with E-state index in [0.29, 0.717) is 4.77 Å². The van der Waals surface area contributed by atoms with Crippen molar-refractivity contribution in [2.75, 3.05) is 0 Å². The molecule has 0 atom stereocenters. The number of nitrogens with zero attached hydrogens (tertiary/aromatic N) is 3. The summed E-state index contributed by atoms with van der Waals surface area (Å²) in [5.74, 6) is 1.00. The van der Waals surface area contributed by atoms with Gasteiger partial charge in [-0.1, -0.05) is 25.4 Å². The second-order valence-electron chi connectivity index (χ2n) is 4.31. The van der Waals surface area contributed by atoms with Crippen LogP contribution in [0.4, 0.5) is 0 Å². The van der Waals surface area contributed by atoms with Crippen molar-refractivity contribution in [3.63, 3.8) is 0 Å². The highest BCUT2D eigenvalue weighted by Crippen LogP contribution is 2.22. The average molecular weight is 297 g/mol. The minimum Gasteiger partial charge on any atom is -0.506 e. The normalized spacial score (nSPS) is 11.6. The van der Waals surface area contributed by atoms with Crippen LogP contribution in [0.25, 0.3) is 0 Å². The van der Waals surface area contributed by atoms with E-state index >= 15 is 0 Å². The van der Waals surface area contributed by atoms with Crippen LogP contribution < -0.4 is 0 Å². The van der Waals surface area contributed by atoms with Crippen LogP contribution in [0, 0.1) is 4.77 Å². The van der Waals surface area contributed by atoms with Gasteiger partial charge in [0.25, 0.3) is 0 Å². The molecule has 7 heteroatoms. The van der Waals surface area contributed by atoms with Gasteiger partial charge in [-0.3, -0.25) is 5.10 Å². The van der Waals surface area contributed by atoms with E-state index in [1.807, 2.05) is 13.8 Å². The summed E-state index contributed by atoms with van der Waals surface area (Å²) >= 11 is 10.9. The molecular formula is C12H13ClN4OS. The van der Waals surface area contributed by atoms with E-state index in [9.17, 15) is 5.11 Å². The fraction of sp³-hybridized carbons (Fsp3) is 0.250. The highest BCUT2D eigenvalue weighted by Gasteiger charge is 2.08. The van der Waals surface area contributed by atoms with Gasteiger partial charge in [0.05, 0.1) is 11.2 Å². The van der Waals surface area contributed by atoms with Crippen LogP contribution in [0.1, 0.15) is 31.2 Å². The Labute approximate surface area is 120 Å². The first-order chi connectivity index (χ1) is 8.99. The summed E-state index contributed by atoms with van der Waals surface area (Å²) in [7, 11) is 0. The maximum Gasteiger partial charge on any atom is 0.216 e. The second kappa shape index (κ2) is 5.54. The molecule has 0 aliphatic rings. The molecule has 0 aliphatic heterocycles. The summed E-state index contributed by atoms with van der Waals surface area (Å²) in [4.78, 5) is 0. The molecule has 0 bridgehead atoms.